The molecular formula is C32H50O6SSi. The van der Waals surface area contributed by atoms with Gasteiger partial charge >= 0.3 is 5.97 Å². The topological polar surface area (TPSA) is 63.2 Å². The molecular weight excluding hydrogens is 540 g/mol. The summed E-state index contributed by atoms with van der Waals surface area (Å²) in [6.07, 6.45) is 13.0. The van der Waals surface area contributed by atoms with Gasteiger partial charge in [-0.3, -0.25) is 0 Å². The molecule has 0 amide bonds. The summed E-state index contributed by atoms with van der Waals surface area (Å²) in [4.78, 5) is 12.7. The van der Waals surface area contributed by atoms with Crippen molar-refractivity contribution in [3.8, 4) is 11.8 Å². The quantitative estimate of drug-likeness (QED) is 0.0577. The van der Waals surface area contributed by atoms with E-state index in [0.29, 0.717) is 12.0 Å². The summed E-state index contributed by atoms with van der Waals surface area (Å²) in [6.45, 7) is 13.4. The lowest BCUT2D eigenvalue weighted by Gasteiger charge is -2.44. The first-order valence-corrected chi connectivity index (χ1v) is 17.5. The van der Waals surface area contributed by atoms with E-state index >= 15 is 0 Å². The van der Waals surface area contributed by atoms with Crippen LogP contribution in [0.4, 0.5) is 0 Å². The van der Waals surface area contributed by atoms with Crippen molar-refractivity contribution in [2.24, 2.45) is 5.41 Å². The number of ether oxygens (including phenoxy) is 4. The molecule has 0 unspecified atom stereocenters. The summed E-state index contributed by atoms with van der Waals surface area (Å²) < 4.78 is 28.7. The Morgan fingerprint density at radius 1 is 1.07 bits per heavy atom. The van der Waals surface area contributed by atoms with E-state index in [0.717, 1.165) is 29.4 Å². The molecule has 0 radical (unpaired) electrons. The number of hydrogen-bond donors (Lipinski definition) is 0. The van der Waals surface area contributed by atoms with Gasteiger partial charge in [-0.2, -0.15) is 0 Å². The Morgan fingerprint density at radius 2 is 1.75 bits per heavy atom. The first kappa shape index (κ1) is 36.0. The lowest BCUT2D eigenvalue weighted by Crippen LogP contribution is -2.49. The van der Waals surface area contributed by atoms with Crippen LogP contribution in [0.15, 0.2) is 47.9 Å². The number of thiophene rings is 1. The van der Waals surface area contributed by atoms with Gasteiger partial charge in [-0.1, -0.05) is 64.7 Å². The van der Waals surface area contributed by atoms with Gasteiger partial charge in [0.15, 0.2) is 8.32 Å². The van der Waals surface area contributed by atoms with Crippen LogP contribution >= 0.6 is 11.3 Å². The number of hydrogen-bond acceptors (Lipinski definition) is 7. The molecule has 224 valence electrons. The lowest BCUT2D eigenvalue weighted by atomic mass is 9.79. The molecule has 1 aromatic rings. The normalized spacial score (nSPS) is 14.9. The van der Waals surface area contributed by atoms with Gasteiger partial charge in [0.05, 0.1) is 31.0 Å². The Kier molecular flexibility index (Phi) is 17.3. The third-order valence-electron chi connectivity index (χ3n) is 7.43. The van der Waals surface area contributed by atoms with Crippen molar-refractivity contribution < 1.29 is 28.2 Å². The van der Waals surface area contributed by atoms with E-state index in [2.05, 4.69) is 58.6 Å². The average Bonchev–Trinajstić information content (AvgIpc) is 3.43. The lowest BCUT2D eigenvalue weighted by molar-refractivity contribution is -0.116. The zero-order valence-electron chi connectivity index (χ0n) is 26.0. The first-order chi connectivity index (χ1) is 19.2. The fraction of sp³-hybridized carbons (Fsp3) is 0.594. The summed E-state index contributed by atoms with van der Waals surface area (Å²) in [5.41, 5.74) is 0.289. The molecule has 0 spiro atoms. The largest absolute Gasteiger partial charge is 0.465 e. The minimum Gasteiger partial charge on any atom is -0.465 e. The molecule has 6 nitrogen and oxygen atoms in total. The number of carbonyl (C=O) groups is 1. The molecule has 1 aromatic heterocycles. The van der Waals surface area contributed by atoms with Gasteiger partial charge in [0.25, 0.3) is 0 Å². The van der Waals surface area contributed by atoms with E-state index in [1.54, 1.807) is 19.6 Å². The number of esters is 1. The average molecular weight is 591 g/mol. The summed E-state index contributed by atoms with van der Waals surface area (Å²) in [5, 5.41) is 1.80. The third-order valence-corrected chi connectivity index (χ3v) is 13.0. The molecule has 3 atom stereocenters. The highest BCUT2D eigenvalue weighted by Gasteiger charge is 2.42. The third kappa shape index (κ3) is 11.5. The molecule has 40 heavy (non-hydrogen) atoms. The van der Waals surface area contributed by atoms with E-state index in [9.17, 15) is 4.79 Å². The minimum absolute atomic E-state index is 0.0239. The summed E-state index contributed by atoms with van der Waals surface area (Å²) in [5.74, 6) is 5.87. The zero-order valence-corrected chi connectivity index (χ0v) is 27.8. The van der Waals surface area contributed by atoms with Crippen LogP contribution in [-0.4, -0.2) is 60.7 Å². The maximum atomic E-state index is 11.7. The molecule has 8 heteroatoms. The Labute approximate surface area is 247 Å². The fourth-order valence-electron chi connectivity index (χ4n) is 4.47. The van der Waals surface area contributed by atoms with Crippen LogP contribution < -0.4 is 0 Å². The molecule has 0 aliphatic heterocycles. The highest BCUT2D eigenvalue weighted by atomic mass is 32.1. The summed E-state index contributed by atoms with van der Waals surface area (Å²) in [6, 6.07) is 5.11. The van der Waals surface area contributed by atoms with Gasteiger partial charge in [-0.15, -0.1) is 11.3 Å². The second kappa shape index (κ2) is 19.2. The highest BCUT2D eigenvalue weighted by molar-refractivity contribution is 7.10. The number of rotatable bonds is 18. The predicted molar refractivity (Wildman–Crippen MR) is 168 cm³/mol. The van der Waals surface area contributed by atoms with E-state index in [1.807, 2.05) is 37.3 Å². The molecule has 1 heterocycles. The minimum atomic E-state index is -1.86. The Bertz CT molecular complexity index is 1000. The van der Waals surface area contributed by atoms with Gasteiger partial charge in [-0.05, 0) is 55.8 Å². The van der Waals surface area contributed by atoms with Crippen molar-refractivity contribution in [3.05, 3.63) is 58.3 Å². The Hall–Kier alpha value is -1.99. The number of carbonyl (C=O) groups excluding carboxylic acids is 1. The van der Waals surface area contributed by atoms with E-state index in [1.165, 1.54) is 18.4 Å². The molecule has 0 saturated heterocycles. The standard InChI is InChI=1S/C32H50O6SSi/c1-10-19-29(37-25-34-7)32(5,6)30(38-40(11-2,12-3)13-4)21-18-16-14-15-17-20-27(35-8)23-28-22-26(24-39-28)31(33)36-9/h10,16-20,22,24,27,29-30H,11-13,21,23,25H2,1-9H3/b18-16-,19-10+,20-17+/t27-,29-,30-/m0/s1. The summed E-state index contributed by atoms with van der Waals surface area (Å²) >= 11 is 1.52. The monoisotopic (exact) mass is 590 g/mol. The van der Waals surface area contributed by atoms with Crippen molar-refractivity contribution in [3.63, 3.8) is 0 Å². The molecule has 0 bridgehead atoms. The SMILES string of the molecule is C/C=C/[C@H](OCOC)C(C)(C)[C@H](C/C=C\C#C/C=C/[C@@H](Cc1cc(C(=O)OC)cs1)OC)O[Si](CC)(CC)CC. The maximum Gasteiger partial charge on any atom is 0.338 e. The molecule has 0 aromatic carbocycles. The van der Waals surface area contributed by atoms with Crippen LogP contribution in [0.2, 0.25) is 18.1 Å². The summed E-state index contributed by atoms with van der Waals surface area (Å²) in [7, 11) is 2.84. The second-order valence-corrected chi connectivity index (χ2v) is 16.0. The van der Waals surface area contributed by atoms with Gasteiger partial charge in [0.2, 0.25) is 0 Å². The van der Waals surface area contributed by atoms with Crippen LogP contribution in [0.3, 0.4) is 0 Å². The van der Waals surface area contributed by atoms with Crippen molar-refractivity contribution in [1.82, 2.24) is 0 Å². The number of methoxy groups -OCH3 is 3. The first-order valence-electron chi connectivity index (χ1n) is 14.1. The predicted octanol–water partition coefficient (Wildman–Crippen LogP) is 7.58. The maximum absolute atomic E-state index is 11.7. The van der Waals surface area contributed by atoms with Crippen LogP contribution in [-0.2, 0) is 29.8 Å². The van der Waals surface area contributed by atoms with Gasteiger partial charge < -0.3 is 23.4 Å². The van der Waals surface area contributed by atoms with Gasteiger partial charge in [0.1, 0.15) is 6.79 Å². The zero-order chi connectivity index (χ0) is 30.0. The van der Waals surface area contributed by atoms with Gasteiger partial charge in [0, 0.05) is 36.3 Å². The van der Waals surface area contributed by atoms with Crippen molar-refractivity contribution >= 4 is 25.6 Å². The Balaban J connectivity index is 2.97. The molecule has 0 aliphatic rings. The van der Waals surface area contributed by atoms with Crippen LogP contribution in [0.1, 0.15) is 63.2 Å². The Morgan fingerprint density at radius 3 is 2.33 bits per heavy atom. The van der Waals surface area contributed by atoms with Crippen LogP contribution in [0, 0.1) is 17.3 Å². The molecule has 0 saturated carbocycles. The number of allylic oxidation sites excluding steroid dienone is 3. The van der Waals surface area contributed by atoms with E-state index in [4.69, 9.17) is 23.4 Å². The van der Waals surface area contributed by atoms with Crippen molar-refractivity contribution in [2.45, 2.75) is 90.8 Å². The molecule has 1 rings (SSSR count). The van der Waals surface area contributed by atoms with Crippen molar-refractivity contribution in [1.29, 1.82) is 0 Å². The van der Waals surface area contributed by atoms with Crippen LogP contribution in [0.25, 0.3) is 0 Å². The smallest absolute Gasteiger partial charge is 0.338 e. The second-order valence-electron chi connectivity index (χ2n) is 10.2. The van der Waals surface area contributed by atoms with E-state index < -0.39 is 8.32 Å². The van der Waals surface area contributed by atoms with Crippen LogP contribution in [0.5, 0.6) is 0 Å². The van der Waals surface area contributed by atoms with Crippen molar-refractivity contribution in [2.75, 3.05) is 28.1 Å². The fourth-order valence-corrected chi connectivity index (χ4v) is 8.37. The molecule has 0 fully saturated rings. The molecule has 0 N–H and O–H groups in total. The molecule has 0 aliphatic carbocycles. The highest BCUT2D eigenvalue weighted by Crippen LogP contribution is 2.37. The van der Waals surface area contributed by atoms with Gasteiger partial charge in [-0.25, -0.2) is 4.79 Å². The van der Waals surface area contributed by atoms with E-state index in [-0.39, 0.29) is 36.5 Å².